The van der Waals surface area contributed by atoms with Crippen molar-refractivity contribution in [1.82, 2.24) is 4.57 Å². The Balaban J connectivity index is 2.17. The summed E-state index contributed by atoms with van der Waals surface area (Å²) in [6, 6.07) is 8.97. The number of rotatable bonds is 9. The molecule has 2 aromatic rings. The molecule has 2 aromatic carbocycles. The zero-order valence-electron chi connectivity index (χ0n) is 17.2. The second-order valence-corrected chi connectivity index (χ2v) is 10.0. The van der Waals surface area contributed by atoms with Gasteiger partial charge in [-0.15, -0.1) is 0 Å². The van der Waals surface area contributed by atoms with Gasteiger partial charge in [0.2, 0.25) is 0 Å². The molecule has 1 heterocycles. The summed E-state index contributed by atoms with van der Waals surface area (Å²) in [6.45, 7) is 8.10. The fourth-order valence-corrected chi connectivity index (χ4v) is 6.83. The van der Waals surface area contributed by atoms with E-state index in [0.29, 0.717) is 16.5 Å². The summed E-state index contributed by atoms with van der Waals surface area (Å²) >= 11 is 3.51. The molecule has 156 valence electrons. The molecule has 0 spiro atoms. The van der Waals surface area contributed by atoms with Crippen LogP contribution < -0.4 is 0 Å². The van der Waals surface area contributed by atoms with Gasteiger partial charge in [-0.3, -0.25) is 9.59 Å². The molecule has 0 saturated heterocycles. The fraction of sp³-hybridized carbons (Fsp3) is 0.429. The Morgan fingerprint density at radius 2 is 1.62 bits per heavy atom. The van der Waals surface area contributed by atoms with Crippen LogP contribution in [0.15, 0.2) is 34.8 Å². The van der Waals surface area contributed by atoms with Crippen molar-refractivity contribution < 1.29 is 22.9 Å². The Morgan fingerprint density at radius 3 is 2.21 bits per heavy atom. The first-order valence-corrected chi connectivity index (χ1v) is 12.4. The number of hydrogen-bond acceptors (Lipinski definition) is 5. The van der Waals surface area contributed by atoms with Crippen LogP contribution in [0.25, 0.3) is 10.8 Å². The van der Waals surface area contributed by atoms with Crippen LogP contribution in [0.3, 0.4) is 0 Å². The van der Waals surface area contributed by atoms with Crippen molar-refractivity contribution in [3.05, 3.63) is 45.9 Å². The molecule has 3 rings (SSSR count). The van der Waals surface area contributed by atoms with Crippen LogP contribution in [0.1, 0.15) is 61.3 Å². The predicted molar refractivity (Wildman–Crippen MR) is 117 cm³/mol. The minimum absolute atomic E-state index is 0.215. The maximum absolute atomic E-state index is 13.5. The lowest BCUT2D eigenvalue weighted by Crippen LogP contribution is -2.66. The summed E-state index contributed by atoms with van der Waals surface area (Å²) in [7, 11) is -3.80. The highest BCUT2D eigenvalue weighted by Gasteiger charge is 2.58. The van der Waals surface area contributed by atoms with Gasteiger partial charge in [0.25, 0.3) is 11.8 Å². The second-order valence-electron chi connectivity index (χ2n) is 6.88. The third-order valence-corrected chi connectivity index (χ3v) is 8.48. The first-order chi connectivity index (χ1) is 13.9. The molecule has 0 aliphatic carbocycles. The Bertz CT molecular complexity index is 906. The number of hydrogen-bond donors (Lipinski definition) is 0. The van der Waals surface area contributed by atoms with Crippen LogP contribution in [0.5, 0.6) is 0 Å². The molecule has 0 fully saturated rings. The molecule has 1 aliphatic rings. The number of halogens is 1. The quantitative estimate of drug-likeness (QED) is 0.377. The van der Waals surface area contributed by atoms with E-state index in [0.717, 1.165) is 27.3 Å². The third-order valence-electron chi connectivity index (χ3n) is 4.83. The molecule has 0 radical (unpaired) electrons. The van der Waals surface area contributed by atoms with Crippen molar-refractivity contribution in [1.29, 1.82) is 0 Å². The number of amides is 2. The summed E-state index contributed by atoms with van der Waals surface area (Å²) in [5, 5.41) is 1.47. The van der Waals surface area contributed by atoms with Crippen molar-refractivity contribution in [3.8, 4) is 0 Å². The van der Waals surface area contributed by atoms with E-state index in [1.165, 1.54) is 0 Å². The predicted octanol–water partition coefficient (Wildman–Crippen LogP) is 4.91. The van der Waals surface area contributed by atoms with Crippen molar-refractivity contribution in [2.45, 2.75) is 46.6 Å². The van der Waals surface area contributed by atoms with Crippen LogP contribution in [-0.4, -0.2) is 44.7 Å². The molecule has 29 heavy (non-hydrogen) atoms. The van der Waals surface area contributed by atoms with Crippen LogP contribution >= 0.6 is 15.9 Å². The molecule has 2 amide bonds. The zero-order valence-corrected chi connectivity index (χ0v) is 19.7. The summed E-state index contributed by atoms with van der Waals surface area (Å²) in [5.74, 6) is -0.882. The lowest BCUT2D eigenvalue weighted by atomic mass is 9.95. The van der Waals surface area contributed by atoms with Gasteiger partial charge in [0.15, 0.2) is 0 Å². The Labute approximate surface area is 180 Å². The SMILES string of the molecule is CCCC(C)O[Si](OCC)(OCC)N1C(=O)c2cccc3c(Br)ccc(c23)C1=O. The number of carbonyl (C=O) groups excluding carboxylic acids is 2. The fourth-order valence-electron chi connectivity index (χ4n) is 3.69. The van der Waals surface area contributed by atoms with Gasteiger partial charge in [0.1, 0.15) is 0 Å². The summed E-state index contributed by atoms with van der Waals surface area (Å²) < 4.78 is 20.1. The lowest BCUT2D eigenvalue weighted by Gasteiger charge is -2.39. The molecule has 1 atom stereocenters. The number of benzene rings is 2. The van der Waals surface area contributed by atoms with Gasteiger partial charge in [0.05, 0.1) is 0 Å². The second kappa shape index (κ2) is 9.05. The minimum Gasteiger partial charge on any atom is -0.356 e. The average molecular weight is 480 g/mol. The highest BCUT2D eigenvalue weighted by Crippen LogP contribution is 2.37. The molecule has 6 nitrogen and oxygen atoms in total. The van der Waals surface area contributed by atoms with Gasteiger partial charge < -0.3 is 13.3 Å². The van der Waals surface area contributed by atoms with Crippen molar-refractivity contribution in [2.75, 3.05) is 13.2 Å². The molecule has 0 aromatic heterocycles. The molecule has 0 bridgehead atoms. The highest BCUT2D eigenvalue weighted by molar-refractivity contribution is 9.10. The molecule has 0 N–H and O–H groups in total. The van der Waals surface area contributed by atoms with Gasteiger partial charge in [-0.25, -0.2) is 4.57 Å². The molecule has 0 saturated carbocycles. The Kier molecular flexibility index (Phi) is 6.90. The Hall–Kier alpha value is -1.58. The number of imide groups is 1. The van der Waals surface area contributed by atoms with Gasteiger partial charge in [0, 0.05) is 40.3 Å². The average Bonchev–Trinajstić information content (AvgIpc) is 2.68. The van der Waals surface area contributed by atoms with E-state index in [1.807, 2.05) is 25.1 Å². The number of carbonyl (C=O) groups is 2. The normalized spacial score (nSPS) is 15.3. The van der Waals surface area contributed by atoms with Crippen molar-refractivity contribution >= 4 is 47.5 Å². The Morgan fingerprint density at radius 1 is 1.00 bits per heavy atom. The van der Waals surface area contributed by atoms with E-state index in [2.05, 4.69) is 22.9 Å². The van der Waals surface area contributed by atoms with E-state index in [1.54, 1.807) is 26.0 Å². The molecule has 1 unspecified atom stereocenters. The van der Waals surface area contributed by atoms with Crippen molar-refractivity contribution in [2.24, 2.45) is 0 Å². The van der Waals surface area contributed by atoms with Crippen LogP contribution in [-0.2, 0) is 13.3 Å². The molecule has 8 heteroatoms. The van der Waals surface area contributed by atoms with Gasteiger partial charge in [-0.2, -0.15) is 0 Å². The first-order valence-electron chi connectivity index (χ1n) is 9.96. The van der Waals surface area contributed by atoms with Gasteiger partial charge >= 0.3 is 8.97 Å². The summed E-state index contributed by atoms with van der Waals surface area (Å²) in [4.78, 5) is 27.1. The standard InChI is InChI=1S/C21H26BrNO5Si/c1-5-9-14(4)28-29(26-6-2,27-7-3)23-20(24)16-11-8-10-15-18(22)13-12-17(19(15)16)21(23)25/h8,10-14H,5-7,9H2,1-4H3. The van der Waals surface area contributed by atoms with E-state index in [9.17, 15) is 9.59 Å². The smallest absolute Gasteiger partial charge is 0.356 e. The van der Waals surface area contributed by atoms with Crippen LogP contribution in [0.4, 0.5) is 0 Å². The van der Waals surface area contributed by atoms with Crippen LogP contribution in [0, 0.1) is 0 Å². The largest absolute Gasteiger partial charge is 0.643 e. The topological polar surface area (TPSA) is 65.1 Å². The first kappa shape index (κ1) is 22.1. The maximum Gasteiger partial charge on any atom is 0.643 e. The lowest BCUT2D eigenvalue weighted by molar-refractivity contribution is -0.00462. The van der Waals surface area contributed by atoms with E-state index in [-0.39, 0.29) is 19.3 Å². The van der Waals surface area contributed by atoms with Crippen molar-refractivity contribution in [3.63, 3.8) is 0 Å². The molecular formula is C21H26BrNO5Si. The highest BCUT2D eigenvalue weighted by atomic mass is 79.9. The minimum atomic E-state index is -3.80. The summed E-state index contributed by atoms with van der Waals surface area (Å²) in [6.07, 6.45) is 1.46. The van der Waals surface area contributed by atoms with Crippen LogP contribution in [0.2, 0.25) is 0 Å². The summed E-state index contributed by atoms with van der Waals surface area (Å²) in [5.41, 5.74) is 0.892. The monoisotopic (exact) mass is 479 g/mol. The van der Waals surface area contributed by atoms with E-state index < -0.39 is 20.8 Å². The van der Waals surface area contributed by atoms with E-state index in [4.69, 9.17) is 13.3 Å². The van der Waals surface area contributed by atoms with E-state index >= 15 is 0 Å². The van der Waals surface area contributed by atoms with Gasteiger partial charge in [-0.1, -0.05) is 41.4 Å². The number of nitrogens with zero attached hydrogens (tertiary/aromatic N) is 1. The molecular weight excluding hydrogens is 454 g/mol. The third kappa shape index (κ3) is 3.92. The maximum atomic E-state index is 13.5. The van der Waals surface area contributed by atoms with Gasteiger partial charge in [-0.05, 0) is 50.8 Å². The molecule has 1 aliphatic heterocycles. The zero-order chi connectivity index (χ0) is 21.2.